The molecule has 1 saturated heterocycles. The normalized spacial score (nSPS) is 16.1. The first kappa shape index (κ1) is 18.0. The Morgan fingerprint density at radius 3 is 2.50 bits per heavy atom. The first-order valence-corrected chi connectivity index (χ1v) is 7.34. The number of carbonyl (C=O) groups excluding carboxylic acids is 1. The number of carboxylic acids is 1. The molecule has 9 heteroatoms. The second kappa shape index (κ2) is 7.06. The van der Waals surface area contributed by atoms with Crippen LogP contribution in [0.5, 0.6) is 0 Å². The molecule has 0 atom stereocenters. The second-order valence-corrected chi connectivity index (χ2v) is 5.60. The van der Waals surface area contributed by atoms with Gasteiger partial charge in [0.05, 0.1) is 18.2 Å². The van der Waals surface area contributed by atoms with Gasteiger partial charge in [0.1, 0.15) is 5.82 Å². The zero-order valence-corrected chi connectivity index (χ0v) is 13.0. The third kappa shape index (κ3) is 4.15. The van der Waals surface area contributed by atoms with Crippen LogP contribution in [-0.2, 0) is 15.7 Å². The topological polar surface area (TPSA) is 79.7 Å². The van der Waals surface area contributed by atoms with Crippen molar-refractivity contribution < 1.29 is 32.6 Å². The van der Waals surface area contributed by atoms with Crippen LogP contribution in [-0.4, -0.2) is 42.2 Å². The molecule has 1 aliphatic heterocycles. The number of aromatic carboxylic acids is 1. The number of ether oxygens (including phenoxy) is 1. The molecular formula is C15H17F3N2O4. The summed E-state index contributed by atoms with van der Waals surface area (Å²) in [6, 6.07) is 0.950. The van der Waals surface area contributed by atoms with E-state index in [1.807, 2.05) is 0 Å². The van der Waals surface area contributed by atoms with Crippen molar-refractivity contribution >= 4 is 17.8 Å². The number of carboxylic acid groups (broad SMARTS) is 1. The number of halogens is 3. The number of aromatic nitrogens is 1. The van der Waals surface area contributed by atoms with Gasteiger partial charge in [-0.05, 0) is 24.8 Å². The summed E-state index contributed by atoms with van der Waals surface area (Å²) in [5, 5.41) is 9.02. The predicted molar refractivity (Wildman–Crippen MR) is 77.8 cm³/mol. The van der Waals surface area contributed by atoms with Gasteiger partial charge in [-0.2, -0.15) is 13.2 Å². The minimum Gasteiger partial charge on any atom is -0.478 e. The number of hydrogen-bond acceptors (Lipinski definition) is 5. The van der Waals surface area contributed by atoms with Gasteiger partial charge in [-0.25, -0.2) is 9.78 Å². The molecule has 24 heavy (non-hydrogen) atoms. The van der Waals surface area contributed by atoms with Gasteiger partial charge in [0.25, 0.3) is 0 Å². The predicted octanol–water partition coefficient (Wildman–Crippen LogP) is 2.58. The van der Waals surface area contributed by atoms with Gasteiger partial charge in [0.15, 0.2) is 0 Å². The molecule has 1 aromatic rings. The summed E-state index contributed by atoms with van der Waals surface area (Å²) in [6.07, 6.45) is -2.61. The number of hydrogen-bond donors (Lipinski definition) is 1. The lowest BCUT2D eigenvalue weighted by Gasteiger charge is -2.32. The molecule has 2 heterocycles. The van der Waals surface area contributed by atoms with E-state index < -0.39 is 23.3 Å². The quantitative estimate of drug-likeness (QED) is 0.844. The molecule has 0 radical (unpaired) electrons. The molecule has 0 spiro atoms. The summed E-state index contributed by atoms with van der Waals surface area (Å²) in [6.45, 7) is 0.970. The summed E-state index contributed by atoms with van der Waals surface area (Å²) in [5.74, 6) is -1.61. The Balaban J connectivity index is 2.12. The van der Waals surface area contributed by atoms with Gasteiger partial charge in [-0.15, -0.1) is 0 Å². The van der Waals surface area contributed by atoms with Crippen molar-refractivity contribution in [3.8, 4) is 0 Å². The van der Waals surface area contributed by atoms with Gasteiger partial charge in [0.2, 0.25) is 0 Å². The van der Waals surface area contributed by atoms with E-state index in [-0.39, 0.29) is 17.7 Å². The number of anilines is 1. The second-order valence-electron chi connectivity index (χ2n) is 5.60. The summed E-state index contributed by atoms with van der Waals surface area (Å²) >= 11 is 0. The number of piperidine rings is 1. The van der Waals surface area contributed by atoms with Crippen LogP contribution in [0.25, 0.3) is 0 Å². The van der Waals surface area contributed by atoms with E-state index in [2.05, 4.69) is 9.72 Å². The highest BCUT2D eigenvalue weighted by Gasteiger charge is 2.36. The lowest BCUT2D eigenvalue weighted by atomic mass is 9.93. The minimum atomic E-state index is -4.77. The average Bonchev–Trinajstić information content (AvgIpc) is 2.54. The molecule has 1 fully saturated rings. The molecule has 0 saturated carbocycles. The van der Waals surface area contributed by atoms with E-state index in [0.29, 0.717) is 38.5 Å². The summed E-state index contributed by atoms with van der Waals surface area (Å²) < 4.78 is 43.1. The first-order valence-electron chi connectivity index (χ1n) is 7.34. The Labute approximate surface area is 136 Å². The van der Waals surface area contributed by atoms with Crippen molar-refractivity contribution in [3.63, 3.8) is 0 Å². The standard InChI is InChI=1S/C15H17F3N2O4/c1-24-13(21)6-9-2-4-20(5-3-9)12-7-10(14(22)23)11(8-19-12)15(16,17)18/h7-9H,2-6H2,1H3,(H,22,23). The minimum absolute atomic E-state index is 0.141. The van der Waals surface area contributed by atoms with Crippen LogP contribution >= 0.6 is 0 Å². The van der Waals surface area contributed by atoms with E-state index in [4.69, 9.17) is 5.11 Å². The maximum absolute atomic E-state index is 12.8. The monoisotopic (exact) mass is 346 g/mol. The van der Waals surface area contributed by atoms with Crippen LogP contribution in [0.3, 0.4) is 0 Å². The van der Waals surface area contributed by atoms with Gasteiger partial charge in [-0.3, -0.25) is 4.79 Å². The molecule has 1 aromatic heterocycles. The smallest absolute Gasteiger partial charge is 0.418 e. The van der Waals surface area contributed by atoms with Gasteiger partial charge in [0, 0.05) is 25.7 Å². The van der Waals surface area contributed by atoms with Crippen LogP contribution in [0.15, 0.2) is 12.3 Å². The van der Waals surface area contributed by atoms with Crippen molar-refractivity contribution in [2.75, 3.05) is 25.1 Å². The average molecular weight is 346 g/mol. The molecule has 1 N–H and O–H groups in total. The third-order valence-electron chi connectivity index (χ3n) is 4.05. The van der Waals surface area contributed by atoms with Crippen molar-refractivity contribution in [2.45, 2.75) is 25.4 Å². The molecule has 132 valence electrons. The molecule has 2 rings (SSSR count). The number of nitrogens with zero attached hydrogens (tertiary/aromatic N) is 2. The Hall–Kier alpha value is -2.32. The fourth-order valence-electron chi connectivity index (χ4n) is 2.71. The van der Waals surface area contributed by atoms with Crippen LogP contribution in [0, 0.1) is 5.92 Å². The maximum atomic E-state index is 12.8. The van der Waals surface area contributed by atoms with Crippen LogP contribution in [0.4, 0.5) is 19.0 Å². The van der Waals surface area contributed by atoms with Crippen molar-refractivity contribution in [1.29, 1.82) is 0 Å². The van der Waals surface area contributed by atoms with Crippen molar-refractivity contribution in [1.82, 2.24) is 4.98 Å². The number of rotatable bonds is 4. The highest BCUT2D eigenvalue weighted by Crippen LogP contribution is 2.33. The Bertz CT molecular complexity index is 626. The van der Waals surface area contributed by atoms with E-state index >= 15 is 0 Å². The van der Waals surface area contributed by atoms with E-state index in [0.717, 1.165) is 6.07 Å². The summed E-state index contributed by atoms with van der Waals surface area (Å²) in [5.41, 5.74) is -2.08. The Morgan fingerprint density at radius 2 is 2.00 bits per heavy atom. The summed E-state index contributed by atoms with van der Waals surface area (Å²) in [7, 11) is 1.32. The zero-order valence-electron chi connectivity index (χ0n) is 13.0. The van der Waals surface area contributed by atoms with Crippen LogP contribution in [0.1, 0.15) is 35.2 Å². The van der Waals surface area contributed by atoms with Crippen LogP contribution < -0.4 is 4.90 Å². The van der Waals surface area contributed by atoms with Gasteiger partial charge < -0.3 is 14.7 Å². The SMILES string of the molecule is COC(=O)CC1CCN(c2cc(C(=O)O)c(C(F)(F)F)cn2)CC1. The molecule has 0 amide bonds. The molecule has 0 bridgehead atoms. The lowest BCUT2D eigenvalue weighted by molar-refractivity contribution is -0.142. The number of carbonyl (C=O) groups is 2. The third-order valence-corrected chi connectivity index (χ3v) is 4.05. The highest BCUT2D eigenvalue weighted by atomic mass is 19.4. The molecule has 1 aliphatic rings. The number of methoxy groups -OCH3 is 1. The van der Waals surface area contributed by atoms with E-state index in [1.54, 1.807) is 4.90 Å². The molecule has 0 unspecified atom stereocenters. The fraction of sp³-hybridized carbons (Fsp3) is 0.533. The molecule has 0 aliphatic carbocycles. The Kier molecular flexibility index (Phi) is 5.30. The lowest BCUT2D eigenvalue weighted by Crippen LogP contribution is -2.35. The number of esters is 1. The summed E-state index contributed by atoms with van der Waals surface area (Å²) in [4.78, 5) is 27.9. The highest BCUT2D eigenvalue weighted by molar-refractivity contribution is 5.90. The van der Waals surface area contributed by atoms with E-state index in [9.17, 15) is 22.8 Å². The maximum Gasteiger partial charge on any atom is 0.418 e. The largest absolute Gasteiger partial charge is 0.478 e. The molecular weight excluding hydrogens is 329 g/mol. The Morgan fingerprint density at radius 1 is 1.38 bits per heavy atom. The molecule has 6 nitrogen and oxygen atoms in total. The number of alkyl halides is 3. The zero-order chi connectivity index (χ0) is 17.9. The fourth-order valence-corrected chi connectivity index (χ4v) is 2.71. The van der Waals surface area contributed by atoms with Crippen molar-refractivity contribution in [3.05, 3.63) is 23.4 Å². The first-order chi connectivity index (χ1) is 11.2. The van der Waals surface area contributed by atoms with E-state index in [1.165, 1.54) is 7.11 Å². The van der Waals surface area contributed by atoms with Gasteiger partial charge >= 0.3 is 18.1 Å². The molecule has 0 aromatic carbocycles. The van der Waals surface area contributed by atoms with Crippen molar-refractivity contribution in [2.24, 2.45) is 5.92 Å². The number of pyridine rings is 1. The van der Waals surface area contributed by atoms with Gasteiger partial charge in [-0.1, -0.05) is 0 Å². The van der Waals surface area contributed by atoms with Crippen LogP contribution in [0.2, 0.25) is 0 Å².